The zero-order valence-corrected chi connectivity index (χ0v) is 5.64. The Balaban J connectivity index is 3.24. The molecule has 0 aliphatic carbocycles. The van der Waals surface area contributed by atoms with Gasteiger partial charge in [0, 0.05) is 18.2 Å². The molecule has 0 bridgehead atoms. The van der Waals surface area contributed by atoms with Gasteiger partial charge in [-0.3, -0.25) is 0 Å². The predicted octanol–water partition coefficient (Wildman–Crippen LogP) is 1.13. The minimum Gasteiger partial charge on any atom is -0.505 e. The van der Waals surface area contributed by atoms with Crippen molar-refractivity contribution in [3.8, 4) is 5.75 Å². The van der Waals surface area contributed by atoms with Crippen LogP contribution in [0.2, 0.25) is 0 Å². The number of hydrogen-bond donors (Lipinski definition) is 2. The average Bonchev–Trinajstić information content (AvgIpc) is 1.96. The molecule has 0 aromatic heterocycles. The van der Waals surface area contributed by atoms with Crippen molar-refractivity contribution in [1.29, 1.82) is 0 Å². The lowest BCUT2D eigenvalue weighted by Gasteiger charge is -2.00. The van der Waals surface area contributed by atoms with E-state index < -0.39 is 17.4 Å². The molecule has 60 valence electrons. The third-order valence-corrected chi connectivity index (χ3v) is 1.31. The quantitative estimate of drug-likeness (QED) is 0.645. The summed E-state index contributed by atoms with van der Waals surface area (Å²) in [5, 5.41) is 8.74. The number of hydrogen-bond acceptors (Lipinski definition) is 2. The van der Waals surface area contributed by atoms with Gasteiger partial charge in [0.2, 0.25) is 0 Å². The van der Waals surface area contributed by atoms with Crippen LogP contribution in [0.3, 0.4) is 0 Å². The van der Waals surface area contributed by atoms with Gasteiger partial charge in [-0.1, -0.05) is 0 Å². The van der Waals surface area contributed by atoms with Gasteiger partial charge < -0.3 is 10.8 Å². The molecule has 0 saturated carbocycles. The third kappa shape index (κ3) is 1.46. The molecule has 0 unspecified atom stereocenters. The number of benzene rings is 1. The molecule has 0 spiro atoms. The standard InChI is InChI=1S/C7H7F2NO/c8-5-1-4(3-10)7(9)6(11)2-5/h1-2,11H,3,10H2. The van der Waals surface area contributed by atoms with Crippen LogP contribution in [0.15, 0.2) is 12.1 Å². The number of nitrogens with two attached hydrogens (primary N) is 1. The molecule has 0 fully saturated rings. The zero-order chi connectivity index (χ0) is 8.43. The second kappa shape index (κ2) is 2.84. The van der Waals surface area contributed by atoms with Crippen LogP contribution in [0.25, 0.3) is 0 Å². The summed E-state index contributed by atoms with van der Waals surface area (Å²) in [5.41, 5.74) is 5.05. The smallest absolute Gasteiger partial charge is 0.169 e. The number of halogens is 2. The van der Waals surface area contributed by atoms with Gasteiger partial charge in [-0.15, -0.1) is 0 Å². The molecular weight excluding hydrogens is 152 g/mol. The van der Waals surface area contributed by atoms with Crippen LogP contribution in [-0.2, 0) is 6.54 Å². The van der Waals surface area contributed by atoms with Gasteiger partial charge in [0.25, 0.3) is 0 Å². The SMILES string of the molecule is NCc1cc(F)cc(O)c1F. The van der Waals surface area contributed by atoms with E-state index in [1.54, 1.807) is 0 Å². The molecule has 1 aromatic rings. The Kier molecular flexibility index (Phi) is 2.05. The van der Waals surface area contributed by atoms with E-state index >= 15 is 0 Å². The highest BCUT2D eigenvalue weighted by atomic mass is 19.1. The van der Waals surface area contributed by atoms with Gasteiger partial charge in [-0.05, 0) is 6.07 Å². The van der Waals surface area contributed by atoms with Crippen LogP contribution in [0, 0.1) is 11.6 Å². The van der Waals surface area contributed by atoms with Gasteiger partial charge >= 0.3 is 0 Å². The van der Waals surface area contributed by atoms with E-state index in [4.69, 9.17) is 10.8 Å². The average molecular weight is 159 g/mol. The molecule has 0 aliphatic heterocycles. The lowest BCUT2D eigenvalue weighted by atomic mass is 10.2. The Labute approximate surface area is 62.3 Å². The molecular formula is C7H7F2NO. The van der Waals surface area contributed by atoms with Crippen molar-refractivity contribution in [1.82, 2.24) is 0 Å². The van der Waals surface area contributed by atoms with Crippen molar-refractivity contribution in [2.24, 2.45) is 5.73 Å². The molecule has 0 heterocycles. The first-order valence-corrected chi connectivity index (χ1v) is 3.02. The van der Waals surface area contributed by atoms with E-state index in [-0.39, 0.29) is 12.1 Å². The maximum Gasteiger partial charge on any atom is 0.169 e. The fraction of sp³-hybridized carbons (Fsp3) is 0.143. The Morgan fingerprint density at radius 3 is 2.55 bits per heavy atom. The summed E-state index contributed by atoms with van der Waals surface area (Å²) < 4.78 is 25.1. The Morgan fingerprint density at radius 1 is 1.36 bits per heavy atom. The number of phenols is 1. The maximum atomic E-state index is 12.7. The minimum absolute atomic E-state index is 0.0255. The third-order valence-electron chi connectivity index (χ3n) is 1.31. The summed E-state index contributed by atoms with van der Waals surface area (Å²) in [6, 6.07) is 1.66. The first-order valence-electron chi connectivity index (χ1n) is 3.02. The Morgan fingerprint density at radius 2 is 2.00 bits per heavy atom. The monoisotopic (exact) mass is 159 g/mol. The largest absolute Gasteiger partial charge is 0.505 e. The second-order valence-corrected chi connectivity index (χ2v) is 2.10. The molecule has 2 nitrogen and oxygen atoms in total. The van der Waals surface area contributed by atoms with E-state index in [0.29, 0.717) is 6.07 Å². The summed E-state index contributed by atoms with van der Waals surface area (Å²) >= 11 is 0. The van der Waals surface area contributed by atoms with Crippen LogP contribution in [0.4, 0.5) is 8.78 Å². The normalized spacial score (nSPS) is 10.1. The van der Waals surface area contributed by atoms with Crippen molar-refractivity contribution in [2.45, 2.75) is 6.54 Å². The van der Waals surface area contributed by atoms with E-state index in [1.165, 1.54) is 0 Å². The van der Waals surface area contributed by atoms with Crippen molar-refractivity contribution in [3.63, 3.8) is 0 Å². The van der Waals surface area contributed by atoms with Crippen molar-refractivity contribution in [2.75, 3.05) is 0 Å². The van der Waals surface area contributed by atoms with Crippen molar-refractivity contribution < 1.29 is 13.9 Å². The molecule has 0 saturated heterocycles. The predicted molar refractivity (Wildman–Crippen MR) is 35.9 cm³/mol. The Hall–Kier alpha value is -1.16. The van der Waals surface area contributed by atoms with Gasteiger partial charge in [-0.25, -0.2) is 8.78 Å². The second-order valence-electron chi connectivity index (χ2n) is 2.10. The molecule has 11 heavy (non-hydrogen) atoms. The van der Waals surface area contributed by atoms with Crippen LogP contribution in [0.1, 0.15) is 5.56 Å². The summed E-state index contributed by atoms with van der Waals surface area (Å²) in [6.07, 6.45) is 0. The van der Waals surface area contributed by atoms with Crippen LogP contribution in [-0.4, -0.2) is 5.11 Å². The number of phenolic OH excluding ortho intramolecular Hbond substituents is 1. The lowest BCUT2D eigenvalue weighted by molar-refractivity contribution is 0.422. The summed E-state index contributed by atoms with van der Waals surface area (Å²) in [6.45, 7) is -0.128. The molecule has 3 N–H and O–H groups in total. The van der Waals surface area contributed by atoms with Gasteiger partial charge in [-0.2, -0.15) is 0 Å². The minimum atomic E-state index is -0.853. The fourth-order valence-corrected chi connectivity index (χ4v) is 0.778. The molecule has 0 radical (unpaired) electrons. The first-order chi connectivity index (χ1) is 5.15. The van der Waals surface area contributed by atoms with Crippen LogP contribution in [0.5, 0.6) is 5.75 Å². The number of aromatic hydroxyl groups is 1. The van der Waals surface area contributed by atoms with Crippen LogP contribution < -0.4 is 5.73 Å². The molecule has 1 rings (SSSR count). The summed E-state index contributed by atoms with van der Waals surface area (Å²) in [5.74, 6) is -2.25. The highest BCUT2D eigenvalue weighted by molar-refractivity contribution is 5.30. The maximum absolute atomic E-state index is 12.7. The zero-order valence-electron chi connectivity index (χ0n) is 5.64. The van der Waals surface area contributed by atoms with E-state index in [0.717, 1.165) is 6.07 Å². The molecule has 1 aromatic carbocycles. The highest BCUT2D eigenvalue weighted by Gasteiger charge is 2.07. The summed E-state index contributed by atoms with van der Waals surface area (Å²) in [4.78, 5) is 0. The lowest BCUT2D eigenvalue weighted by Crippen LogP contribution is -2.00. The van der Waals surface area contributed by atoms with Gasteiger partial charge in [0.1, 0.15) is 5.82 Å². The topological polar surface area (TPSA) is 46.2 Å². The molecule has 0 atom stereocenters. The van der Waals surface area contributed by atoms with E-state index in [9.17, 15) is 8.78 Å². The molecule has 0 aliphatic rings. The van der Waals surface area contributed by atoms with E-state index in [1.807, 2.05) is 0 Å². The Bertz CT molecular complexity index is 275. The number of rotatable bonds is 1. The van der Waals surface area contributed by atoms with Crippen molar-refractivity contribution >= 4 is 0 Å². The first kappa shape index (κ1) is 7.94. The molecule has 0 amide bonds. The summed E-state index contributed by atoms with van der Waals surface area (Å²) in [7, 11) is 0. The highest BCUT2D eigenvalue weighted by Crippen LogP contribution is 2.20. The van der Waals surface area contributed by atoms with Crippen molar-refractivity contribution in [3.05, 3.63) is 29.3 Å². The van der Waals surface area contributed by atoms with Crippen LogP contribution >= 0.6 is 0 Å². The molecule has 4 heteroatoms. The fourth-order valence-electron chi connectivity index (χ4n) is 0.778. The van der Waals surface area contributed by atoms with Gasteiger partial charge in [0.15, 0.2) is 11.6 Å². The van der Waals surface area contributed by atoms with Gasteiger partial charge in [0.05, 0.1) is 0 Å². The van der Waals surface area contributed by atoms with E-state index in [2.05, 4.69) is 0 Å².